The van der Waals surface area contributed by atoms with Gasteiger partial charge in [0.15, 0.2) is 12.4 Å². The molecule has 2 aliphatic heterocycles. The highest BCUT2D eigenvalue weighted by molar-refractivity contribution is 5.73. The van der Waals surface area contributed by atoms with Crippen molar-refractivity contribution in [3.63, 3.8) is 0 Å². The molecule has 2 aliphatic rings. The lowest BCUT2D eigenvalue weighted by molar-refractivity contribution is -0.304. The van der Waals surface area contributed by atoms with Crippen molar-refractivity contribution in [2.45, 2.75) is 84.8 Å². The van der Waals surface area contributed by atoms with Gasteiger partial charge in [0.1, 0.15) is 0 Å². The lowest BCUT2D eigenvalue weighted by Gasteiger charge is -2.47. The number of hydrogen-bond acceptors (Lipinski definition) is 5. The van der Waals surface area contributed by atoms with E-state index in [9.17, 15) is 15.0 Å². The maximum Gasteiger partial charge on any atom is 0.335 e. The number of aliphatic hydroxyl groups is 1. The first-order valence-corrected chi connectivity index (χ1v) is 9.06. The fourth-order valence-electron chi connectivity index (χ4n) is 3.78. The topological polar surface area (TPSA) is 85.2 Å². The van der Waals surface area contributed by atoms with Gasteiger partial charge in [-0.3, -0.25) is 0 Å². The average molecular weight is 344 g/mol. The second-order valence-corrected chi connectivity index (χ2v) is 7.58. The molecule has 2 heterocycles. The molecule has 4 unspecified atom stereocenters. The van der Waals surface area contributed by atoms with Gasteiger partial charge in [0.25, 0.3) is 0 Å². The van der Waals surface area contributed by atoms with Crippen LogP contribution < -0.4 is 0 Å². The van der Waals surface area contributed by atoms with Gasteiger partial charge >= 0.3 is 5.97 Å². The molecular formula is C18H32O6. The number of carboxylic acid groups (broad SMARTS) is 1. The zero-order chi connectivity index (χ0) is 18.2. The van der Waals surface area contributed by atoms with Crippen LogP contribution in [0.3, 0.4) is 0 Å². The minimum Gasteiger partial charge on any atom is -0.479 e. The van der Waals surface area contributed by atoms with Crippen LogP contribution in [0.5, 0.6) is 0 Å². The standard InChI is InChI=1S/C18H32O6/c1-7-13-15(10(4)8(2)12(6)22-13)23-18-11(5)9(3)14(19)16(24-18)17(20)21/h8-16,18-19H,7H2,1-6H3,(H,20,21)/t8?,9?,10-,11?,12-,13?,14+,15+,16-,18+/m1/s1. The summed E-state index contributed by atoms with van der Waals surface area (Å²) in [4.78, 5) is 11.4. The third kappa shape index (κ3) is 3.62. The fraction of sp³-hybridized carbons (Fsp3) is 0.944. The summed E-state index contributed by atoms with van der Waals surface area (Å²) in [6, 6.07) is 0. The maximum atomic E-state index is 11.4. The SMILES string of the molecule is CCC1O[C@H](C)C(C)[C@@H](C)[C@@H]1O[C@H]1O[C@@H](C(=O)O)[C@@H](O)C(C)C1C. The average Bonchev–Trinajstić information content (AvgIpc) is 2.54. The Morgan fingerprint density at radius 3 is 2.17 bits per heavy atom. The van der Waals surface area contributed by atoms with E-state index in [0.29, 0.717) is 5.92 Å². The predicted molar refractivity (Wildman–Crippen MR) is 88.5 cm³/mol. The van der Waals surface area contributed by atoms with Gasteiger partial charge in [0.2, 0.25) is 0 Å². The Labute approximate surface area is 144 Å². The molecule has 0 spiro atoms. The zero-order valence-electron chi connectivity index (χ0n) is 15.5. The Morgan fingerprint density at radius 1 is 1.00 bits per heavy atom. The van der Waals surface area contributed by atoms with Crippen LogP contribution in [0.15, 0.2) is 0 Å². The summed E-state index contributed by atoms with van der Waals surface area (Å²) in [5.74, 6) is -0.859. The van der Waals surface area contributed by atoms with Gasteiger partial charge in [0, 0.05) is 5.92 Å². The van der Waals surface area contributed by atoms with E-state index in [0.717, 1.165) is 6.42 Å². The first kappa shape index (κ1) is 19.6. The lowest BCUT2D eigenvalue weighted by Crippen LogP contribution is -2.57. The highest BCUT2D eigenvalue weighted by Crippen LogP contribution is 2.38. The molecule has 2 fully saturated rings. The summed E-state index contributed by atoms with van der Waals surface area (Å²) in [6.45, 7) is 12.2. The second-order valence-electron chi connectivity index (χ2n) is 7.58. The van der Waals surface area contributed by atoms with Crippen molar-refractivity contribution in [3.05, 3.63) is 0 Å². The smallest absolute Gasteiger partial charge is 0.335 e. The van der Waals surface area contributed by atoms with Crippen LogP contribution in [0, 0.1) is 23.7 Å². The minimum absolute atomic E-state index is 0.0348. The van der Waals surface area contributed by atoms with Crippen LogP contribution in [0.1, 0.15) is 48.0 Å². The van der Waals surface area contributed by atoms with Gasteiger partial charge in [-0.1, -0.05) is 34.6 Å². The summed E-state index contributed by atoms with van der Waals surface area (Å²) >= 11 is 0. The quantitative estimate of drug-likeness (QED) is 0.814. The molecule has 0 bridgehead atoms. The van der Waals surface area contributed by atoms with Crippen LogP contribution in [0.4, 0.5) is 0 Å². The summed E-state index contributed by atoms with van der Waals surface area (Å²) < 4.78 is 18.0. The van der Waals surface area contributed by atoms with Crippen LogP contribution >= 0.6 is 0 Å². The van der Waals surface area contributed by atoms with Crippen molar-refractivity contribution in [3.8, 4) is 0 Å². The molecule has 2 rings (SSSR count). The molecule has 2 saturated heterocycles. The first-order chi connectivity index (χ1) is 11.2. The molecule has 0 saturated carbocycles. The Morgan fingerprint density at radius 2 is 1.62 bits per heavy atom. The van der Waals surface area contributed by atoms with Gasteiger partial charge in [-0.15, -0.1) is 0 Å². The van der Waals surface area contributed by atoms with Crippen LogP contribution in [-0.2, 0) is 19.0 Å². The van der Waals surface area contributed by atoms with Crippen molar-refractivity contribution < 1.29 is 29.2 Å². The highest BCUT2D eigenvalue weighted by Gasteiger charge is 2.48. The lowest BCUT2D eigenvalue weighted by atomic mass is 9.80. The number of hydrogen-bond donors (Lipinski definition) is 2. The summed E-state index contributed by atoms with van der Waals surface area (Å²) in [5, 5.41) is 19.4. The molecule has 140 valence electrons. The van der Waals surface area contributed by atoms with Gasteiger partial charge in [-0.05, 0) is 31.1 Å². The number of aliphatic hydroxyl groups excluding tert-OH is 1. The van der Waals surface area contributed by atoms with Gasteiger partial charge in [-0.2, -0.15) is 0 Å². The van der Waals surface area contributed by atoms with Gasteiger partial charge in [-0.25, -0.2) is 4.79 Å². The Hall–Kier alpha value is -0.690. The molecule has 0 aromatic rings. The molecule has 6 nitrogen and oxygen atoms in total. The number of aliphatic carboxylic acids is 1. The highest BCUT2D eigenvalue weighted by atomic mass is 16.7. The molecule has 10 atom stereocenters. The third-order valence-electron chi connectivity index (χ3n) is 6.17. The van der Waals surface area contributed by atoms with Crippen molar-refractivity contribution in [2.24, 2.45) is 23.7 Å². The Balaban J connectivity index is 2.16. The number of rotatable bonds is 4. The fourth-order valence-corrected chi connectivity index (χ4v) is 3.78. The monoisotopic (exact) mass is 344 g/mol. The third-order valence-corrected chi connectivity index (χ3v) is 6.17. The molecular weight excluding hydrogens is 312 g/mol. The molecule has 0 amide bonds. The first-order valence-electron chi connectivity index (χ1n) is 9.06. The molecule has 0 aromatic carbocycles. The van der Waals surface area contributed by atoms with E-state index >= 15 is 0 Å². The van der Waals surface area contributed by atoms with Gasteiger partial charge in [0.05, 0.1) is 24.4 Å². The van der Waals surface area contributed by atoms with E-state index in [1.165, 1.54) is 0 Å². The van der Waals surface area contributed by atoms with E-state index in [2.05, 4.69) is 27.7 Å². The molecule has 24 heavy (non-hydrogen) atoms. The number of carboxylic acids is 1. The van der Waals surface area contributed by atoms with Crippen molar-refractivity contribution in [1.29, 1.82) is 0 Å². The van der Waals surface area contributed by atoms with Crippen molar-refractivity contribution in [2.75, 3.05) is 0 Å². The van der Waals surface area contributed by atoms with Crippen molar-refractivity contribution >= 4 is 5.97 Å². The van der Waals surface area contributed by atoms with Crippen LogP contribution in [0.25, 0.3) is 0 Å². The second kappa shape index (κ2) is 7.68. The Bertz CT molecular complexity index is 439. The Kier molecular flexibility index (Phi) is 6.29. The molecule has 2 N–H and O–H groups in total. The van der Waals surface area contributed by atoms with E-state index in [4.69, 9.17) is 14.2 Å². The van der Waals surface area contributed by atoms with Crippen LogP contribution in [0.2, 0.25) is 0 Å². The minimum atomic E-state index is -1.25. The van der Waals surface area contributed by atoms with E-state index in [-0.39, 0.29) is 36.1 Å². The zero-order valence-corrected chi connectivity index (χ0v) is 15.5. The van der Waals surface area contributed by atoms with E-state index in [1.54, 1.807) is 0 Å². The largest absolute Gasteiger partial charge is 0.479 e. The van der Waals surface area contributed by atoms with Crippen molar-refractivity contribution in [1.82, 2.24) is 0 Å². The molecule has 0 radical (unpaired) electrons. The maximum absolute atomic E-state index is 11.4. The summed E-state index contributed by atoms with van der Waals surface area (Å²) in [6.07, 6.45) is -2.13. The summed E-state index contributed by atoms with van der Waals surface area (Å²) in [5.41, 5.74) is 0. The molecule has 6 heteroatoms. The van der Waals surface area contributed by atoms with E-state index < -0.39 is 24.5 Å². The number of ether oxygens (including phenoxy) is 3. The normalized spacial score (nSPS) is 49.8. The molecule has 0 aromatic heterocycles. The number of carbonyl (C=O) groups is 1. The van der Waals surface area contributed by atoms with Gasteiger partial charge < -0.3 is 24.4 Å². The predicted octanol–water partition coefficient (Wildman–Crippen LogP) is 2.28. The molecule has 0 aliphatic carbocycles. The van der Waals surface area contributed by atoms with E-state index in [1.807, 2.05) is 13.8 Å². The summed E-state index contributed by atoms with van der Waals surface area (Å²) in [7, 11) is 0. The van der Waals surface area contributed by atoms with Crippen LogP contribution in [-0.4, -0.2) is 53.0 Å².